The highest BCUT2D eigenvalue weighted by Crippen LogP contribution is 2.39. The highest BCUT2D eigenvalue weighted by molar-refractivity contribution is 6.08. The summed E-state index contributed by atoms with van der Waals surface area (Å²) in [5.41, 5.74) is 7.35. The molecule has 0 aliphatic rings. The maximum atomic E-state index is 6.14. The lowest BCUT2D eigenvalue weighted by atomic mass is 9.87. The number of aryl methyl sites for hydroxylation is 1. The van der Waals surface area contributed by atoms with E-state index in [9.17, 15) is 0 Å². The molecular weight excluding hydrogens is 356 g/mol. The van der Waals surface area contributed by atoms with Crippen LogP contribution >= 0.6 is 0 Å². The molecule has 0 fully saturated rings. The fraction of sp³-hybridized carbons (Fsp3) is 0.0741. The summed E-state index contributed by atoms with van der Waals surface area (Å²) in [6, 6.07) is 27.2. The second-order valence-electron chi connectivity index (χ2n) is 7.66. The van der Waals surface area contributed by atoms with Crippen LogP contribution in [0.2, 0.25) is 0 Å². The van der Waals surface area contributed by atoms with Crippen LogP contribution in [0.15, 0.2) is 87.7 Å². The lowest BCUT2D eigenvalue weighted by molar-refractivity contribution is 0.668. The molecule has 29 heavy (non-hydrogen) atoms. The first-order chi connectivity index (χ1) is 14.2. The van der Waals surface area contributed by atoms with Gasteiger partial charge in [-0.1, -0.05) is 55.5 Å². The lowest BCUT2D eigenvalue weighted by Gasteiger charge is -2.16. The van der Waals surface area contributed by atoms with Crippen LogP contribution in [0, 0.1) is 12.8 Å². The van der Waals surface area contributed by atoms with E-state index in [1.54, 1.807) is 0 Å². The minimum absolute atomic E-state index is 0.922. The van der Waals surface area contributed by atoms with Crippen molar-refractivity contribution >= 4 is 43.9 Å². The summed E-state index contributed by atoms with van der Waals surface area (Å²) in [6.45, 7) is 4.36. The van der Waals surface area contributed by atoms with Crippen LogP contribution in [-0.4, -0.2) is 0 Å². The van der Waals surface area contributed by atoms with Crippen molar-refractivity contribution in [1.29, 1.82) is 0 Å². The summed E-state index contributed by atoms with van der Waals surface area (Å²) in [6.07, 6.45) is 0. The van der Waals surface area contributed by atoms with Gasteiger partial charge in [0.25, 0.3) is 0 Å². The Bertz CT molecular complexity index is 1530. The molecule has 0 aliphatic heterocycles. The first kappa shape index (κ1) is 16.4. The molecule has 0 saturated heterocycles. The van der Waals surface area contributed by atoms with Crippen LogP contribution in [0.3, 0.4) is 0 Å². The van der Waals surface area contributed by atoms with Gasteiger partial charge in [0, 0.05) is 27.5 Å². The van der Waals surface area contributed by atoms with E-state index >= 15 is 0 Å². The summed E-state index contributed by atoms with van der Waals surface area (Å²) in [7, 11) is 0. The van der Waals surface area contributed by atoms with Crippen molar-refractivity contribution in [3.8, 4) is 0 Å². The predicted octanol–water partition coefficient (Wildman–Crippen LogP) is 7.78. The van der Waals surface area contributed by atoms with Gasteiger partial charge in [-0.05, 0) is 53.9 Å². The molecule has 139 valence electrons. The first-order valence-electron chi connectivity index (χ1n) is 9.87. The molecular formula is C27H19O2. The van der Waals surface area contributed by atoms with Crippen LogP contribution < -0.4 is 0 Å². The highest BCUT2D eigenvalue weighted by atomic mass is 16.3. The Labute approximate surface area is 168 Å². The number of benzene rings is 4. The van der Waals surface area contributed by atoms with Crippen molar-refractivity contribution < 1.29 is 8.83 Å². The lowest BCUT2D eigenvalue weighted by Crippen LogP contribution is -2.00. The van der Waals surface area contributed by atoms with E-state index < -0.39 is 0 Å². The third-order valence-corrected chi connectivity index (χ3v) is 5.93. The Morgan fingerprint density at radius 2 is 1.24 bits per heavy atom. The standard InChI is InChI=1S/C27H19O2/c1-16-14-22-19-8-3-5-11-23(19)29-26(22)15-21(16)17(2)18-10-7-13-25-27(18)20-9-4-6-12-24(20)28-25/h3-15H,1-2H3. The molecule has 0 bridgehead atoms. The highest BCUT2D eigenvalue weighted by Gasteiger charge is 2.20. The third kappa shape index (κ3) is 2.35. The Morgan fingerprint density at radius 1 is 0.586 bits per heavy atom. The van der Waals surface area contributed by atoms with E-state index in [0.29, 0.717) is 0 Å². The number of rotatable bonds is 2. The van der Waals surface area contributed by atoms with Gasteiger partial charge in [0.15, 0.2) is 0 Å². The molecule has 6 rings (SSSR count). The molecule has 0 atom stereocenters. The van der Waals surface area contributed by atoms with Crippen molar-refractivity contribution in [1.82, 2.24) is 0 Å². The molecule has 0 spiro atoms. The molecule has 0 saturated carbocycles. The van der Waals surface area contributed by atoms with Crippen molar-refractivity contribution in [2.75, 3.05) is 0 Å². The molecule has 0 aliphatic carbocycles. The molecule has 0 N–H and O–H groups in total. The summed E-state index contributed by atoms with van der Waals surface area (Å²) < 4.78 is 12.2. The van der Waals surface area contributed by atoms with Gasteiger partial charge in [-0.25, -0.2) is 0 Å². The number of hydrogen-bond acceptors (Lipinski definition) is 2. The summed E-state index contributed by atoms with van der Waals surface area (Å²) in [4.78, 5) is 0. The second kappa shape index (κ2) is 5.99. The number of fused-ring (bicyclic) bond motifs is 6. The molecule has 2 nitrogen and oxygen atoms in total. The number of para-hydroxylation sites is 2. The average Bonchev–Trinajstić information content (AvgIpc) is 3.30. The SMILES string of the molecule is C[C](c1cc2oc3ccccc3c2cc1C)c1cccc2oc3ccccc3c12. The number of hydrogen-bond donors (Lipinski definition) is 0. The Balaban J connectivity index is 1.60. The monoisotopic (exact) mass is 375 g/mol. The van der Waals surface area contributed by atoms with Gasteiger partial charge in [0.05, 0.1) is 0 Å². The average molecular weight is 375 g/mol. The molecule has 2 heteroatoms. The Morgan fingerprint density at radius 3 is 2.07 bits per heavy atom. The minimum atomic E-state index is 0.922. The van der Waals surface area contributed by atoms with E-state index in [-0.39, 0.29) is 0 Å². The maximum Gasteiger partial charge on any atom is 0.135 e. The van der Waals surface area contributed by atoms with Crippen molar-refractivity contribution in [2.45, 2.75) is 13.8 Å². The fourth-order valence-electron chi connectivity index (χ4n) is 4.52. The van der Waals surface area contributed by atoms with E-state index in [4.69, 9.17) is 8.83 Å². The van der Waals surface area contributed by atoms with Crippen LogP contribution in [-0.2, 0) is 0 Å². The van der Waals surface area contributed by atoms with Crippen molar-refractivity contribution in [3.05, 3.63) is 101 Å². The van der Waals surface area contributed by atoms with Crippen LogP contribution in [0.4, 0.5) is 0 Å². The molecule has 1 radical (unpaired) electrons. The van der Waals surface area contributed by atoms with Crippen molar-refractivity contribution in [3.63, 3.8) is 0 Å². The quantitative estimate of drug-likeness (QED) is 0.309. The minimum Gasteiger partial charge on any atom is -0.456 e. The molecule has 0 amide bonds. The number of furan rings is 2. The van der Waals surface area contributed by atoms with Crippen molar-refractivity contribution in [2.24, 2.45) is 0 Å². The van der Waals surface area contributed by atoms with Gasteiger partial charge < -0.3 is 8.83 Å². The predicted molar refractivity (Wildman–Crippen MR) is 119 cm³/mol. The fourth-order valence-corrected chi connectivity index (χ4v) is 4.52. The third-order valence-electron chi connectivity index (χ3n) is 5.93. The van der Waals surface area contributed by atoms with Gasteiger partial charge in [0.2, 0.25) is 0 Å². The second-order valence-corrected chi connectivity index (χ2v) is 7.66. The van der Waals surface area contributed by atoms with E-state index in [1.165, 1.54) is 33.4 Å². The zero-order chi connectivity index (χ0) is 19.5. The Kier molecular flexibility index (Phi) is 3.39. The summed E-state index contributed by atoms with van der Waals surface area (Å²) in [5.74, 6) is 1.22. The first-order valence-corrected chi connectivity index (χ1v) is 9.87. The normalized spacial score (nSPS) is 12.1. The van der Waals surface area contributed by atoms with Crippen LogP contribution in [0.1, 0.15) is 23.6 Å². The Hall–Kier alpha value is -3.52. The van der Waals surface area contributed by atoms with Gasteiger partial charge >= 0.3 is 0 Å². The molecule has 2 heterocycles. The van der Waals surface area contributed by atoms with Gasteiger partial charge in [-0.3, -0.25) is 0 Å². The topological polar surface area (TPSA) is 26.3 Å². The van der Waals surface area contributed by atoms with Gasteiger partial charge in [0.1, 0.15) is 22.3 Å². The van der Waals surface area contributed by atoms with E-state index in [0.717, 1.165) is 33.1 Å². The zero-order valence-electron chi connectivity index (χ0n) is 16.3. The van der Waals surface area contributed by atoms with Gasteiger partial charge in [-0.2, -0.15) is 0 Å². The zero-order valence-corrected chi connectivity index (χ0v) is 16.3. The van der Waals surface area contributed by atoms with E-state index in [2.05, 4.69) is 62.4 Å². The van der Waals surface area contributed by atoms with Gasteiger partial charge in [-0.15, -0.1) is 0 Å². The maximum absolute atomic E-state index is 6.14. The summed E-state index contributed by atoms with van der Waals surface area (Å²) >= 11 is 0. The molecule has 0 unspecified atom stereocenters. The molecule has 4 aromatic carbocycles. The molecule has 6 aromatic rings. The largest absolute Gasteiger partial charge is 0.456 e. The van der Waals surface area contributed by atoms with E-state index in [1.807, 2.05) is 30.3 Å². The summed E-state index contributed by atoms with van der Waals surface area (Å²) in [5, 5.41) is 4.66. The smallest absolute Gasteiger partial charge is 0.135 e. The van der Waals surface area contributed by atoms with Crippen LogP contribution in [0.25, 0.3) is 43.9 Å². The molecule has 2 aromatic heterocycles. The van der Waals surface area contributed by atoms with Crippen LogP contribution in [0.5, 0.6) is 0 Å².